The third-order valence-corrected chi connectivity index (χ3v) is 2.66. The average molecular weight is 210 g/mol. The molecule has 0 atom stereocenters. The molecule has 1 aromatic rings. The number of nitrogens with zero attached hydrogens (tertiary/aromatic N) is 3. The van der Waals surface area contributed by atoms with Gasteiger partial charge in [-0.3, -0.25) is 9.48 Å². The molecule has 1 heterocycles. The molecule has 0 spiro atoms. The molecule has 0 unspecified atom stereocenters. The molecular weight excluding hydrogens is 192 g/mol. The van der Waals surface area contributed by atoms with Crippen LogP contribution in [0.4, 0.5) is 0 Å². The zero-order valence-electron chi connectivity index (χ0n) is 9.69. The molecule has 0 fully saturated rings. The molecule has 0 saturated heterocycles. The molecule has 0 aromatic carbocycles. The molecular formula is C10H18N4O. The molecule has 84 valence electrons. The first-order valence-electron chi connectivity index (χ1n) is 4.85. The van der Waals surface area contributed by atoms with Crippen LogP contribution in [0.25, 0.3) is 0 Å². The van der Waals surface area contributed by atoms with Crippen LogP contribution in [0.2, 0.25) is 0 Å². The first-order chi connectivity index (χ1) is 6.88. The number of aromatic nitrogens is 2. The summed E-state index contributed by atoms with van der Waals surface area (Å²) in [6.07, 6.45) is 3.26. The third kappa shape index (κ3) is 2.36. The van der Waals surface area contributed by atoms with Gasteiger partial charge in [0.05, 0.1) is 11.8 Å². The van der Waals surface area contributed by atoms with Gasteiger partial charge in [-0.2, -0.15) is 5.10 Å². The number of aryl methyl sites for hydroxylation is 1. The second kappa shape index (κ2) is 4.02. The van der Waals surface area contributed by atoms with E-state index >= 15 is 0 Å². The van der Waals surface area contributed by atoms with Crippen LogP contribution in [0, 0.1) is 0 Å². The Kier molecular flexibility index (Phi) is 3.14. The summed E-state index contributed by atoms with van der Waals surface area (Å²) < 4.78 is 1.61. The second-order valence-corrected chi connectivity index (χ2v) is 4.28. The molecule has 1 amide bonds. The topological polar surface area (TPSA) is 64.2 Å². The molecule has 0 aliphatic carbocycles. The van der Waals surface area contributed by atoms with Crippen LogP contribution in [0.3, 0.4) is 0 Å². The highest BCUT2D eigenvalue weighted by molar-refractivity contribution is 5.94. The van der Waals surface area contributed by atoms with E-state index in [-0.39, 0.29) is 11.4 Å². The predicted octanol–water partition coefficient (Wildman–Crippen LogP) is 0.229. The predicted molar refractivity (Wildman–Crippen MR) is 58.4 cm³/mol. The number of hydrogen-bond acceptors (Lipinski definition) is 3. The second-order valence-electron chi connectivity index (χ2n) is 4.28. The molecule has 1 rings (SSSR count). The first-order valence-corrected chi connectivity index (χ1v) is 4.85. The Morgan fingerprint density at radius 2 is 2.27 bits per heavy atom. The van der Waals surface area contributed by atoms with E-state index in [0.717, 1.165) is 0 Å². The minimum absolute atomic E-state index is 0.0569. The van der Waals surface area contributed by atoms with Crippen molar-refractivity contribution in [1.82, 2.24) is 14.7 Å². The number of hydrogen-bond donors (Lipinski definition) is 1. The van der Waals surface area contributed by atoms with Crippen molar-refractivity contribution in [3.05, 3.63) is 18.0 Å². The van der Waals surface area contributed by atoms with Gasteiger partial charge in [-0.05, 0) is 13.8 Å². The molecule has 0 aliphatic rings. The van der Waals surface area contributed by atoms with E-state index in [1.165, 1.54) is 0 Å². The monoisotopic (exact) mass is 210 g/mol. The summed E-state index contributed by atoms with van der Waals surface area (Å²) in [7, 11) is 3.53. The molecule has 0 saturated carbocycles. The van der Waals surface area contributed by atoms with Gasteiger partial charge in [0.2, 0.25) is 0 Å². The van der Waals surface area contributed by atoms with Crippen molar-refractivity contribution in [1.29, 1.82) is 0 Å². The summed E-state index contributed by atoms with van der Waals surface area (Å²) in [6.45, 7) is 4.29. The highest BCUT2D eigenvalue weighted by Gasteiger charge is 2.27. The molecule has 0 radical (unpaired) electrons. The molecule has 5 nitrogen and oxygen atoms in total. The number of carbonyl (C=O) groups excluding carboxylic acids is 1. The zero-order valence-corrected chi connectivity index (χ0v) is 9.69. The van der Waals surface area contributed by atoms with Crippen LogP contribution >= 0.6 is 0 Å². The van der Waals surface area contributed by atoms with Crippen LogP contribution in [-0.4, -0.2) is 39.7 Å². The molecule has 1 aromatic heterocycles. The fraction of sp³-hybridized carbons (Fsp3) is 0.600. The Morgan fingerprint density at radius 1 is 1.67 bits per heavy atom. The minimum atomic E-state index is -0.340. The smallest absolute Gasteiger partial charge is 0.257 e. The number of rotatable bonds is 3. The van der Waals surface area contributed by atoms with Crippen LogP contribution in [0.5, 0.6) is 0 Å². The van der Waals surface area contributed by atoms with Crippen molar-refractivity contribution in [2.75, 3.05) is 13.6 Å². The lowest BCUT2D eigenvalue weighted by Crippen LogP contribution is -2.49. The van der Waals surface area contributed by atoms with Crippen LogP contribution in [0.1, 0.15) is 24.2 Å². The standard InChI is InChI=1S/C10H18N4O/c1-10(2,7-11)14(4)9(15)8-5-12-13(3)6-8/h5-6H,7,11H2,1-4H3. The lowest BCUT2D eigenvalue weighted by molar-refractivity contribution is 0.0640. The highest BCUT2D eigenvalue weighted by atomic mass is 16.2. The Hall–Kier alpha value is -1.36. The summed E-state index contributed by atoms with van der Waals surface area (Å²) in [5, 5.41) is 3.97. The maximum atomic E-state index is 12.0. The van der Waals surface area contributed by atoms with Crippen molar-refractivity contribution in [3.8, 4) is 0 Å². The maximum Gasteiger partial charge on any atom is 0.257 e. The van der Waals surface area contributed by atoms with Gasteiger partial charge in [-0.15, -0.1) is 0 Å². The lowest BCUT2D eigenvalue weighted by Gasteiger charge is -2.34. The zero-order chi connectivity index (χ0) is 11.6. The maximum absolute atomic E-state index is 12.0. The van der Waals surface area contributed by atoms with Gasteiger partial charge in [0.1, 0.15) is 0 Å². The number of amides is 1. The van der Waals surface area contributed by atoms with Crippen molar-refractivity contribution >= 4 is 5.91 Å². The van der Waals surface area contributed by atoms with Gasteiger partial charge in [-0.25, -0.2) is 0 Å². The van der Waals surface area contributed by atoms with Crippen LogP contribution < -0.4 is 5.73 Å². The van der Waals surface area contributed by atoms with E-state index in [1.54, 1.807) is 36.1 Å². The normalized spacial score (nSPS) is 11.5. The van der Waals surface area contributed by atoms with Crippen LogP contribution in [-0.2, 0) is 7.05 Å². The number of carbonyl (C=O) groups is 1. The minimum Gasteiger partial charge on any atom is -0.335 e. The Labute approximate surface area is 89.9 Å². The van der Waals surface area contributed by atoms with Gasteiger partial charge in [0.15, 0.2) is 0 Å². The van der Waals surface area contributed by atoms with Gasteiger partial charge in [-0.1, -0.05) is 0 Å². The Bertz CT molecular complexity index is 356. The van der Waals surface area contributed by atoms with Gasteiger partial charge >= 0.3 is 0 Å². The highest BCUT2D eigenvalue weighted by Crippen LogP contribution is 2.13. The van der Waals surface area contributed by atoms with Crippen molar-refractivity contribution in [3.63, 3.8) is 0 Å². The summed E-state index contributed by atoms with van der Waals surface area (Å²) in [5.74, 6) is -0.0569. The number of nitrogens with two attached hydrogens (primary N) is 1. The summed E-state index contributed by atoms with van der Waals surface area (Å²) in [4.78, 5) is 13.6. The van der Waals surface area contributed by atoms with Crippen LogP contribution in [0.15, 0.2) is 12.4 Å². The molecule has 2 N–H and O–H groups in total. The Balaban J connectivity index is 2.86. The first kappa shape index (κ1) is 11.7. The molecule has 15 heavy (non-hydrogen) atoms. The van der Waals surface area contributed by atoms with E-state index in [1.807, 2.05) is 13.8 Å². The third-order valence-electron chi connectivity index (χ3n) is 2.66. The fourth-order valence-electron chi connectivity index (χ4n) is 1.14. The summed E-state index contributed by atoms with van der Waals surface area (Å²) >= 11 is 0. The van der Waals surface area contributed by atoms with Crippen molar-refractivity contribution in [2.45, 2.75) is 19.4 Å². The van der Waals surface area contributed by atoms with Crippen molar-refractivity contribution < 1.29 is 4.79 Å². The van der Waals surface area contributed by atoms with Gasteiger partial charge < -0.3 is 10.6 Å². The lowest BCUT2D eigenvalue weighted by atomic mass is 10.0. The van der Waals surface area contributed by atoms with E-state index in [0.29, 0.717) is 12.1 Å². The number of likely N-dealkylation sites (N-methyl/N-ethyl adjacent to an activating group) is 1. The van der Waals surface area contributed by atoms with E-state index in [9.17, 15) is 4.79 Å². The average Bonchev–Trinajstić information content (AvgIpc) is 2.62. The largest absolute Gasteiger partial charge is 0.335 e. The van der Waals surface area contributed by atoms with E-state index < -0.39 is 0 Å². The molecule has 0 aliphatic heterocycles. The SMILES string of the molecule is CN(C(=O)c1cnn(C)c1)C(C)(C)CN. The molecule has 5 heteroatoms. The quantitative estimate of drug-likeness (QED) is 0.776. The molecule has 0 bridgehead atoms. The van der Waals surface area contributed by atoms with E-state index in [4.69, 9.17) is 5.73 Å². The Morgan fingerprint density at radius 3 is 2.67 bits per heavy atom. The fourth-order valence-corrected chi connectivity index (χ4v) is 1.14. The van der Waals surface area contributed by atoms with Gasteiger partial charge in [0.25, 0.3) is 5.91 Å². The van der Waals surface area contributed by atoms with Crippen molar-refractivity contribution in [2.24, 2.45) is 12.8 Å². The summed E-state index contributed by atoms with van der Waals surface area (Å²) in [5.41, 5.74) is 5.86. The summed E-state index contributed by atoms with van der Waals surface area (Å²) in [6, 6.07) is 0. The van der Waals surface area contributed by atoms with E-state index in [2.05, 4.69) is 5.10 Å². The van der Waals surface area contributed by atoms with Gasteiger partial charge in [0, 0.05) is 32.4 Å².